The van der Waals surface area contributed by atoms with Gasteiger partial charge in [0.25, 0.3) is 5.91 Å². The maximum Gasteiger partial charge on any atom is 0.252 e. The molecule has 1 aliphatic rings. The predicted molar refractivity (Wildman–Crippen MR) is 122 cm³/mol. The molecule has 7 nitrogen and oxygen atoms in total. The molecule has 31 heavy (non-hydrogen) atoms. The molecule has 1 atom stereocenters. The Kier molecular flexibility index (Phi) is 6.70. The lowest BCUT2D eigenvalue weighted by molar-refractivity contribution is 0.0953. The first-order chi connectivity index (χ1) is 15.0. The van der Waals surface area contributed by atoms with Crippen molar-refractivity contribution in [1.29, 1.82) is 0 Å². The Morgan fingerprint density at radius 3 is 2.94 bits per heavy atom. The van der Waals surface area contributed by atoms with Crippen LogP contribution in [0.1, 0.15) is 69.3 Å². The van der Waals surface area contributed by atoms with Gasteiger partial charge in [0.05, 0.1) is 23.4 Å². The lowest BCUT2D eigenvalue weighted by Crippen LogP contribution is -2.38. The molecule has 1 amide bonds. The van der Waals surface area contributed by atoms with Gasteiger partial charge < -0.3 is 14.6 Å². The van der Waals surface area contributed by atoms with Crippen molar-refractivity contribution in [1.82, 2.24) is 25.0 Å². The molecule has 0 spiro atoms. The summed E-state index contributed by atoms with van der Waals surface area (Å²) in [5.74, 6) is 0.554. The molecule has 1 fully saturated rings. The highest BCUT2D eigenvalue weighted by molar-refractivity contribution is 6.06. The zero-order valence-corrected chi connectivity index (χ0v) is 18.8. The number of unbranched alkanes of at least 4 members (excludes halogenated alkanes) is 1. The number of aromatic nitrogens is 3. The van der Waals surface area contributed by atoms with Crippen LogP contribution < -0.4 is 5.32 Å². The second kappa shape index (κ2) is 9.64. The molecule has 0 bridgehead atoms. The highest BCUT2D eigenvalue weighted by Crippen LogP contribution is 2.26. The van der Waals surface area contributed by atoms with E-state index >= 15 is 0 Å². The summed E-state index contributed by atoms with van der Waals surface area (Å²) in [6.45, 7) is 9.41. The fraction of sp³-hybridized carbons (Fsp3) is 0.542. The van der Waals surface area contributed by atoms with Crippen molar-refractivity contribution < 1.29 is 9.21 Å². The maximum absolute atomic E-state index is 13.1. The van der Waals surface area contributed by atoms with Gasteiger partial charge >= 0.3 is 0 Å². The van der Waals surface area contributed by atoms with E-state index in [-0.39, 0.29) is 11.9 Å². The van der Waals surface area contributed by atoms with Gasteiger partial charge in [-0.2, -0.15) is 5.10 Å². The van der Waals surface area contributed by atoms with E-state index in [0.29, 0.717) is 35.3 Å². The zero-order valence-electron chi connectivity index (χ0n) is 18.8. The summed E-state index contributed by atoms with van der Waals surface area (Å²) in [7, 11) is 0. The van der Waals surface area contributed by atoms with Gasteiger partial charge in [-0.15, -0.1) is 0 Å². The van der Waals surface area contributed by atoms with Crippen molar-refractivity contribution in [3.8, 4) is 11.5 Å². The summed E-state index contributed by atoms with van der Waals surface area (Å²) >= 11 is 0. The number of furan rings is 1. The minimum atomic E-state index is -0.0881. The van der Waals surface area contributed by atoms with E-state index in [2.05, 4.69) is 36.1 Å². The van der Waals surface area contributed by atoms with Crippen LogP contribution in [0.5, 0.6) is 0 Å². The number of carbonyl (C=O) groups is 1. The van der Waals surface area contributed by atoms with E-state index in [4.69, 9.17) is 9.40 Å². The van der Waals surface area contributed by atoms with Crippen LogP contribution in [-0.4, -0.2) is 51.2 Å². The quantitative estimate of drug-likeness (QED) is 0.534. The Bertz CT molecular complexity index is 1010. The topological polar surface area (TPSA) is 76.2 Å². The lowest BCUT2D eigenvalue weighted by Gasteiger charge is -2.33. The number of hydrogen-bond donors (Lipinski definition) is 1. The fourth-order valence-corrected chi connectivity index (χ4v) is 4.36. The molecule has 1 aliphatic heterocycles. The minimum Gasteiger partial charge on any atom is -0.463 e. The summed E-state index contributed by atoms with van der Waals surface area (Å²) in [5.41, 5.74) is 1.94. The number of piperidine rings is 1. The van der Waals surface area contributed by atoms with Crippen LogP contribution in [0, 0.1) is 0 Å². The first kappa shape index (κ1) is 21.6. The van der Waals surface area contributed by atoms with Gasteiger partial charge in [-0.1, -0.05) is 6.42 Å². The zero-order chi connectivity index (χ0) is 21.8. The van der Waals surface area contributed by atoms with Crippen molar-refractivity contribution in [2.24, 2.45) is 0 Å². The third-order valence-electron chi connectivity index (χ3n) is 6.17. The summed E-state index contributed by atoms with van der Waals surface area (Å²) in [5, 5.41) is 8.33. The average molecular weight is 424 g/mol. The van der Waals surface area contributed by atoms with Gasteiger partial charge in [0.2, 0.25) is 0 Å². The lowest BCUT2D eigenvalue weighted by atomic mass is 10.0. The number of carbonyl (C=O) groups excluding carboxylic acids is 1. The molecule has 4 heterocycles. The van der Waals surface area contributed by atoms with E-state index in [1.807, 2.05) is 16.8 Å². The number of nitrogens with one attached hydrogen (secondary N) is 1. The van der Waals surface area contributed by atoms with Crippen LogP contribution in [0.25, 0.3) is 22.5 Å². The van der Waals surface area contributed by atoms with Gasteiger partial charge in [0.15, 0.2) is 11.4 Å². The first-order valence-electron chi connectivity index (χ1n) is 11.5. The normalized spacial score (nSPS) is 17.5. The van der Waals surface area contributed by atoms with E-state index in [0.717, 1.165) is 24.8 Å². The summed E-state index contributed by atoms with van der Waals surface area (Å²) in [6, 6.07) is 6.31. The van der Waals surface area contributed by atoms with Gasteiger partial charge in [-0.05, 0) is 77.7 Å². The average Bonchev–Trinajstić information content (AvgIpc) is 3.44. The summed E-state index contributed by atoms with van der Waals surface area (Å²) in [4.78, 5) is 20.4. The molecule has 1 N–H and O–H groups in total. The van der Waals surface area contributed by atoms with Gasteiger partial charge in [0.1, 0.15) is 5.69 Å². The van der Waals surface area contributed by atoms with Crippen molar-refractivity contribution in [2.45, 2.75) is 65.0 Å². The Morgan fingerprint density at radius 1 is 1.32 bits per heavy atom. The minimum absolute atomic E-state index is 0.0881. The second-order valence-electron chi connectivity index (χ2n) is 8.80. The number of nitrogens with zero attached hydrogens (tertiary/aromatic N) is 4. The molecule has 1 saturated heterocycles. The Balaban J connectivity index is 1.44. The molecule has 166 valence electrons. The first-order valence-corrected chi connectivity index (χ1v) is 11.5. The SMILES string of the molecule is CC1CCCCN1CCCCNC(=O)c1cc(-c2ccco2)nc2c1cnn2C(C)C. The van der Waals surface area contributed by atoms with Crippen LogP contribution in [0.2, 0.25) is 0 Å². The van der Waals surface area contributed by atoms with E-state index in [9.17, 15) is 4.79 Å². The van der Waals surface area contributed by atoms with Crippen LogP contribution in [0.3, 0.4) is 0 Å². The number of hydrogen-bond acceptors (Lipinski definition) is 5. The number of fused-ring (bicyclic) bond motifs is 1. The molecule has 1 unspecified atom stereocenters. The summed E-state index contributed by atoms with van der Waals surface area (Å²) < 4.78 is 7.38. The molecule has 4 rings (SSSR count). The van der Waals surface area contributed by atoms with Crippen LogP contribution in [0.15, 0.2) is 35.1 Å². The number of amides is 1. The van der Waals surface area contributed by atoms with Crippen LogP contribution in [-0.2, 0) is 0 Å². The van der Waals surface area contributed by atoms with Crippen molar-refractivity contribution in [2.75, 3.05) is 19.6 Å². The van der Waals surface area contributed by atoms with E-state index in [1.165, 1.54) is 25.8 Å². The monoisotopic (exact) mass is 423 g/mol. The standard InChI is InChI=1S/C24H33N5O2/c1-17(2)29-23-20(16-26-29)19(15-21(27-23)22-10-8-14-31-22)24(30)25-11-5-7-13-28-12-6-4-9-18(28)3/h8,10,14-18H,4-7,9,11-13H2,1-3H3,(H,25,30). The molecule has 0 aliphatic carbocycles. The highest BCUT2D eigenvalue weighted by atomic mass is 16.3. The van der Waals surface area contributed by atoms with Crippen molar-refractivity contribution in [3.05, 3.63) is 36.2 Å². The summed E-state index contributed by atoms with van der Waals surface area (Å²) in [6.07, 6.45) is 9.38. The van der Waals surface area contributed by atoms with Crippen LogP contribution in [0.4, 0.5) is 0 Å². The Hall–Kier alpha value is -2.67. The molecule has 3 aromatic heterocycles. The number of rotatable bonds is 8. The fourth-order valence-electron chi connectivity index (χ4n) is 4.36. The number of likely N-dealkylation sites (tertiary alicyclic amines) is 1. The Labute approximate surface area is 183 Å². The smallest absolute Gasteiger partial charge is 0.252 e. The second-order valence-corrected chi connectivity index (χ2v) is 8.80. The maximum atomic E-state index is 13.1. The van der Waals surface area contributed by atoms with Crippen molar-refractivity contribution >= 4 is 16.9 Å². The van der Waals surface area contributed by atoms with Gasteiger partial charge in [0, 0.05) is 18.6 Å². The third kappa shape index (κ3) is 4.82. The molecule has 7 heteroatoms. The van der Waals surface area contributed by atoms with E-state index < -0.39 is 0 Å². The molecule has 3 aromatic rings. The molecular weight excluding hydrogens is 390 g/mol. The predicted octanol–water partition coefficient (Wildman–Crippen LogP) is 4.66. The van der Waals surface area contributed by atoms with Crippen LogP contribution >= 0.6 is 0 Å². The largest absolute Gasteiger partial charge is 0.463 e. The molecule has 0 radical (unpaired) electrons. The molecular formula is C24H33N5O2. The van der Waals surface area contributed by atoms with Gasteiger partial charge in [-0.25, -0.2) is 9.67 Å². The third-order valence-corrected chi connectivity index (χ3v) is 6.17. The number of pyridine rings is 1. The molecule has 0 aromatic carbocycles. The van der Waals surface area contributed by atoms with E-state index in [1.54, 1.807) is 18.5 Å². The van der Waals surface area contributed by atoms with Gasteiger partial charge in [-0.3, -0.25) is 4.79 Å². The van der Waals surface area contributed by atoms with Crippen molar-refractivity contribution in [3.63, 3.8) is 0 Å². The Morgan fingerprint density at radius 2 is 2.19 bits per heavy atom. The molecule has 0 saturated carbocycles. The highest BCUT2D eigenvalue weighted by Gasteiger charge is 2.20.